The van der Waals surface area contributed by atoms with Crippen molar-refractivity contribution in [3.63, 3.8) is 0 Å². The van der Waals surface area contributed by atoms with Crippen LogP contribution >= 0.6 is 0 Å². The van der Waals surface area contributed by atoms with Crippen LogP contribution in [0.3, 0.4) is 0 Å². The SMILES string of the molecule is CCOC(=O)C(C(=O)OCC)c1ccc(C2CCCC(N(CC)c3cccc4ccccc34)C2)cc1. The second-order valence-electron chi connectivity index (χ2n) is 9.41. The number of benzene rings is 3. The van der Waals surface area contributed by atoms with Crippen molar-refractivity contribution >= 4 is 28.4 Å². The molecule has 1 saturated carbocycles. The van der Waals surface area contributed by atoms with Crippen molar-refractivity contribution in [2.75, 3.05) is 24.7 Å². The third kappa shape index (κ3) is 5.56. The lowest BCUT2D eigenvalue weighted by molar-refractivity contribution is -0.156. The highest BCUT2D eigenvalue weighted by Crippen LogP contribution is 2.38. The molecule has 2 atom stereocenters. The molecule has 0 saturated heterocycles. The number of rotatable bonds is 9. The molecule has 0 radical (unpaired) electrons. The molecule has 5 heteroatoms. The summed E-state index contributed by atoms with van der Waals surface area (Å²) in [5.74, 6) is -1.73. The zero-order valence-electron chi connectivity index (χ0n) is 21.6. The van der Waals surface area contributed by atoms with Crippen molar-refractivity contribution in [3.8, 4) is 0 Å². The predicted molar refractivity (Wildman–Crippen MR) is 144 cm³/mol. The Labute approximate surface area is 214 Å². The second-order valence-corrected chi connectivity index (χ2v) is 9.41. The van der Waals surface area contributed by atoms with Gasteiger partial charge in [-0.15, -0.1) is 0 Å². The Hall–Kier alpha value is -3.34. The van der Waals surface area contributed by atoms with Crippen LogP contribution in [-0.2, 0) is 19.1 Å². The summed E-state index contributed by atoms with van der Waals surface area (Å²) in [5, 5.41) is 2.58. The predicted octanol–water partition coefficient (Wildman–Crippen LogP) is 6.60. The monoisotopic (exact) mass is 487 g/mol. The van der Waals surface area contributed by atoms with Crippen molar-refractivity contribution in [3.05, 3.63) is 77.9 Å². The smallest absolute Gasteiger partial charge is 0.324 e. The summed E-state index contributed by atoms with van der Waals surface area (Å²) in [5.41, 5.74) is 3.18. The van der Waals surface area contributed by atoms with Crippen LogP contribution in [0.1, 0.15) is 69.4 Å². The topological polar surface area (TPSA) is 55.8 Å². The van der Waals surface area contributed by atoms with Crippen LogP contribution in [0.25, 0.3) is 10.8 Å². The summed E-state index contributed by atoms with van der Waals surface area (Å²) in [7, 11) is 0. The highest BCUT2D eigenvalue weighted by atomic mass is 16.6. The van der Waals surface area contributed by atoms with Gasteiger partial charge in [0.2, 0.25) is 0 Å². The maximum Gasteiger partial charge on any atom is 0.324 e. The van der Waals surface area contributed by atoms with Crippen LogP contribution in [0, 0.1) is 0 Å². The van der Waals surface area contributed by atoms with Crippen molar-refractivity contribution in [1.29, 1.82) is 0 Å². The van der Waals surface area contributed by atoms with E-state index in [1.54, 1.807) is 13.8 Å². The van der Waals surface area contributed by atoms with E-state index in [1.165, 1.54) is 34.9 Å². The molecule has 0 aromatic heterocycles. The van der Waals surface area contributed by atoms with E-state index in [4.69, 9.17) is 9.47 Å². The molecule has 2 unspecified atom stereocenters. The number of fused-ring (bicyclic) bond motifs is 1. The summed E-state index contributed by atoms with van der Waals surface area (Å²) >= 11 is 0. The number of nitrogens with zero attached hydrogens (tertiary/aromatic N) is 1. The van der Waals surface area contributed by atoms with E-state index in [-0.39, 0.29) is 13.2 Å². The van der Waals surface area contributed by atoms with Gasteiger partial charge >= 0.3 is 11.9 Å². The van der Waals surface area contributed by atoms with Gasteiger partial charge in [-0.1, -0.05) is 67.1 Å². The van der Waals surface area contributed by atoms with Crippen LogP contribution in [0.2, 0.25) is 0 Å². The Balaban J connectivity index is 1.54. The number of anilines is 1. The van der Waals surface area contributed by atoms with E-state index >= 15 is 0 Å². The average Bonchev–Trinajstić information content (AvgIpc) is 2.90. The van der Waals surface area contributed by atoms with Crippen LogP contribution in [0.5, 0.6) is 0 Å². The molecule has 0 bridgehead atoms. The molecular weight excluding hydrogens is 450 g/mol. The maximum absolute atomic E-state index is 12.5. The van der Waals surface area contributed by atoms with Crippen molar-refractivity contribution < 1.29 is 19.1 Å². The first-order valence-corrected chi connectivity index (χ1v) is 13.2. The minimum absolute atomic E-state index is 0.223. The van der Waals surface area contributed by atoms with Crippen molar-refractivity contribution in [2.45, 2.75) is 64.3 Å². The summed E-state index contributed by atoms with van der Waals surface area (Å²) < 4.78 is 10.3. The highest BCUT2D eigenvalue weighted by molar-refractivity contribution is 6.00. The van der Waals surface area contributed by atoms with Crippen LogP contribution in [-0.4, -0.2) is 37.7 Å². The second kappa shape index (κ2) is 12.1. The zero-order chi connectivity index (χ0) is 25.5. The van der Waals surface area contributed by atoms with Gasteiger partial charge in [-0.25, -0.2) is 0 Å². The lowest BCUT2D eigenvalue weighted by Crippen LogP contribution is -2.38. The van der Waals surface area contributed by atoms with Crippen molar-refractivity contribution in [1.82, 2.24) is 0 Å². The molecule has 5 nitrogen and oxygen atoms in total. The summed E-state index contributed by atoms with van der Waals surface area (Å²) in [6, 6.07) is 23.6. The van der Waals surface area contributed by atoms with E-state index in [0.717, 1.165) is 19.4 Å². The van der Waals surface area contributed by atoms with E-state index in [1.807, 2.05) is 12.1 Å². The Bertz CT molecular complexity index is 1150. The first kappa shape index (κ1) is 25.7. The molecular formula is C31H37NO4. The summed E-state index contributed by atoms with van der Waals surface area (Å²) in [4.78, 5) is 27.6. The number of esters is 2. The van der Waals surface area contributed by atoms with Gasteiger partial charge < -0.3 is 14.4 Å². The van der Waals surface area contributed by atoms with Gasteiger partial charge in [0.1, 0.15) is 0 Å². The molecule has 0 spiro atoms. The first-order valence-electron chi connectivity index (χ1n) is 13.2. The molecule has 3 aromatic rings. The van der Waals surface area contributed by atoms with Gasteiger partial charge in [0.15, 0.2) is 5.92 Å². The van der Waals surface area contributed by atoms with E-state index in [0.29, 0.717) is 17.5 Å². The number of ether oxygens (including phenoxy) is 2. The quantitative estimate of drug-likeness (QED) is 0.251. The van der Waals surface area contributed by atoms with Gasteiger partial charge in [0.05, 0.1) is 13.2 Å². The number of hydrogen-bond acceptors (Lipinski definition) is 5. The Morgan fingerprint density at radius 2 is 1.53 bits per heavy atom. The van der Waals surface area contributed by atoms with Crippen LogP contribution < -0.4 is 4.90 Å². The third-order valence-electron chi connectivity index (χ3n) is 7.29. The Kier molecular flexibility index (Phi) is 8.63. The van der Waals surface area contributed by atoms with Gasteiger partial charge in [0.25, 0.3) is 0 Å². The third-order valence-corrected chi connectivity index (χ3v) is 7.29. The Morgan fingerprint density at radius 1 is 0.861 bits per heavy atom. The van der Waals surface area contributed by atoms with Gasteiger partial charge in [0, 0.05) is 23.7 Å². The molecule has 1 aliphatic carbocycles. The average molecular weight is 488 g/mol. The maximum atomic E-state index is 12.5. The van der Waals surface area contributed by atoms with E-state index < -0.39 is 17.9 Å². The molecule has 0 aliphatic heterocycles. The number of carbonyl (C=O) groups excluding carboxylic acids is 2. The minimum Gasteiger partial charge on any atom is -0.465 e. The fraction of sp³-hybridized carbons (Fsp3) is 0.419. The number of hydrogen-bond donors (Lipinski definition) is 0. The lowest BCUT2D eigenvalue weighted by atomic mass is 9.80. The van der Waals surface area contributed by atoms with Gasteiger partial charge in [-0.05, 0) is 68.5 Å². The van der Waals surface area contributed by atoms with E-state index in [9.17, 15) is 9.59 Å². The van der Waals surface area contributed by atoms with Crippen LogP contribution in [0.4, 0.5) is 5.69 Å². The fourth-order valence-corrected chi connectivity index (χ4v) is 5.61. The molecule has 190 valence electrons. The number of carbonyl (C=O) groups is 2. The molecule has 0 N–H and O–H groups in total. The van der Waals surface area contributed by atoms with Crippen LogP contribution in [0.15, 0.2) is 66.7 Å². The first-order chi connectivity index (χ1) is 17.6. The highest BCUT2D eigenvalue weighted by Gasteiger charge is 2.32. The zero-order valence-corrected chi connectivity index (χ0v) is 21.6. The van der Waals surface area contributed by atoms with Gasteiger partial charge in [-0.3, -0.25) is 9.59 Å². The molecule has 0 amide bonds. The van der Waals surface area contributed by atoms with Gasteiger partial charge in [-0.2, -0.15) is 0 Å². The van der Waals surface area contributed by atoms with Crippen molar-refractivity contribution in [2.24, 2.45) is 0 Å². The minimum atomic E-state index is -1.04. The summed E-state index contributed by atoms with van der Waals surface area (Å²) in [6.45, 7) is 7.12. The molecule has 0 heterocycles. The molecule has 3 aromatic carbocycles. The lowest BCUT2D eigenvalue weighted by Gasteiger charge is -2.39. The largest absolute Gasteiger partial charge is 0.465 e. The molecule has 4 rings (SSSR count). The Morgan fingerprint density at radius 3 is 2.19 bits per heavy atom. The van der Waals surface area contributed by atoms with E-state index in [2.05, 4.69) is 66.4 Å². The molecule has 1 fully saturated rings. The molecule has 36 heavy (non-hydrogen) atoms. The molecule has 1 aliphatic rings. The fourth-order valence-electron chi connectivity index (χ4n) is 5.61. The standard InChI is InChI=1S/C31H37NO4/c1-4-32(28-16-10-12-23-11-7-8-15-27(23)28)26-14-9-13-25(21-26)22-17-19-24(20-18-22)29(30(33)35-5-2)31(34)36-6-3/h7-8,10-12,15-20,25-26,29H,4-6,9,13-14,21H2,1-3H3. The summed E-state index contributed by atoms with van der Waals surface area (Å²) in [6.07, 6.45) is 4.57. The normalized spacial score (nSPS) is 17.7.